The molecular formula is C68H46N2. The Kier molecular flexibility index (Phi) is 9.06. The van der Waals surface area contributed by atoms with Gasteiger partial charge in [0.25, 0.3) is 0 Å². The fourth-order valence-corrected chi connectivity index (χ4v) is 12.1. The molecule has 0 saturated carbocycles. The van der Waals surface area contributed by atoms with E-state index in [9.17, 15) is 0 Å². The van der Waals surface area contributed by atoms with Crippen LogP contribution in [-0.2, 0) is 12.5 Å². The molecule has 2 heteroatoms. The van der Waals surface area contributed by atoms with Gasteiger partial charge in [-0.2, -0.15) is 0 Å². The lowest BCUT2D eigenvalue weighted by Crippen LogP contribution is -2.26. The number of aromatic nitrogens is 1. The summed E-state index contributed by atoms with van der Waals surface area (Å²) >= 11 is 0. The minimum absolute atomic E-state index is 0.443. The van der Waals surface area contributed by atoms with E-state index in [0.717, 1.165) is 22.6 Å². The molecule has 0 amide bonds. The summed E-state index contributed by atoms with van der Waals surface area (Å²) in [5.74, 6) is 0. The number of fused-ring (bicyclic) bond motifs is 13. The lowest BCUT2D eigenvalue weighted by molar-refractivity contribution is 0.793. The zero-order chi connectivity index (χ0) is 46.3. The molecule has 1 heterocycles. The third kappa shape index (κ3) is 6.00. The van der Waals surface area contributed by atoms with Crippen LogP contribution in [0.15, 0.2) is 261 Å². The van der Waals surface area contributed by atoms with Gasteiger partial charge in [-0.15, -0.1) is 0 Å². The second-order valence-corrected chi connectivity index (χ2v) is 18.9. The smallest absolute Gasteiger partial charge is 0.0726 e. The van der Waals surface area contributed by atoms with Gasteiger partial charge in [0, 0.05) is 46.0 Å². The quantitative estimate of drug-likeness (QED) is 0.155. The third-order valence-corrected chi connectivity index (χ3v) is 15.2. The largest absolute Gasteiger partial charge is 0.343 e. The van der Waals surface area contributed by atoms with Crippen LogP contribution < -0.4 is 4.90 Å². The summed E-state index contributed by atoms with van der Waals surface area (Å²) in [5.41, 5.74) is 25.5. The summed E-state index contributed by atoms with van der Waals surface area (Å²) in [5, 5.41) is 2.57. The van der Waals surface area contributed by atoms with Gasteiger partial charge >= 0.3 is 0 Å². The van der Waals surface area contributed by atoms with Crippen molar-refractivity contribution in [2.24, 2.45) is 7.05 Å². The molecule has 2 aliphatic carbocycles. The highest BCUT2D eigenvalue weighted by Gasteiger charge is 2.51. The summed E-state index contributed by atoms with van der Waals surface area (Å²) in [6.07, 6.45) is 0. The van der Waals surface area contributed by atoms with Crippen molar-refractivity contribution in [2.75, 3.05) is 4.90 Å². The van der Waals surface area contributed by atoms with Crippen molar-refractivity contribution in [1.29, 1.82) is 0 Å². The Morgan fingerprint density at radius 3 is 1.43 bits per heavy atom. The zero-order valence-corrected chi connectivity index (χ0v) is 38.7. The van der Waals surface area contributed by atoms with Gasteiger partial charge in [0.15, 0.2) is 0 Å². The second-order valence-electron chi connectivity index (χ2n) is 18.9. The number of anilines is 3. The summed E-state index contributed by atoms with van der Waals surface area (Å²) in [6, 6.07) is 96.6. The number of para-hydroxylation sites is 2. The van der Waals surface area contributed by atoms with E-state index in [4.69, 9.17) is 0 Å². The van der Waals surface area contributed by atoms with Gasteiger partial charge in [-0.25, -0.2) is 0 Å². The molecule has 11 aromatic carbocycles. The molecule has 70 heavy (non-hydrogen) atoms. The normalized spacial score (nSPS) is 12.8. The van der Waals surface area contributed by atoms with Crippen LogP contribution in [0.5, 0.6) is 0 Å². The minimum Gasteiger partial charge on any atom is -0.343 e. The van der Waals surface area contributed by atoms with E-state index in [0.29, 0.717) is 0 Å². The van der Waals surface area contributed by atoms with Gasteiger partial charge < -0.3 is 9.47 Å². The maximum Gasteiger partial charge on any atom is 0.0726 e. The van der Waals surface area contributed by atoms with Gasteiger partial charge in [-0.3, -0.25) is 0 Å². The van der Waals surface area contributed by atoms with Crippen LogP contribution in [-0.4, -0.2) is 4.57 Å². The predicted octanol–water partition coefficient (Wildman–Crippen LogP) is 17.8. The number of benzene rings is 11. The van der Waals surface area contributed by atoms with Gasteiger partial charge in [-0.05, 0) is 132 Å². The standard InChI is InChI=1S/C68H46N2/c1-69-66-31-12-8-25-60(66)61-27-15-26-55(67(61)69)48-34-32-47(33-35-48)49-18-13-19-50(42-49)51-20-14-21-53(43-51)70(52-38-36-46(37-39-52)45-16-3-2-4-17-45)54-40-41-59-58-24-7-11-30-64(58)68(65(59)44-54)62-28-9-5-22-56(62)57-23-6-10-29-63(57)68/h2-44H,1H3. The fraction of sp³-hybridized carbons (Fsp3) is 0.0294. The number of nitrogens with zero attached hydrogens (tertiary/aromatic N) is 2. The summed E-state index contributed by atoms with van der Waals surface area (Å²) in [4.78, 5) is 2.45. The van der Waals surface area contributed by atoms with Crippen molar-refractivity contribution in [3.05, 3.63) is 283 Å². The van der Waals surface area contributed by atoms with Crippen LogP contribution in [0.3, 0.4) is 0 Å². The van der Waals surface area contributed by atoms with Gasteiger partial charge in [-0.1, -0.05) is 212 Å². The maximum absolute atomic E-state index is 2.48. The second kappa shape index (κ2) is 15.8. The highest BCUT2D eigenvalue weighted by molar-refractivity contribution is 6.12. The van der Waals surface area contributed by atoms with Crippen molar-refractivity contribution in [3.8, 4) is 66.8 Å². The molecule has 0 fully saturated rings. The maximum atomic E-state index is 2.48. The van der Waals surface area contributed by atoms with Crippen molar-refractivity contribution in [2.45, 2.75) is 5.41 Å². The fourth-order valence-electron chi connectivity index (χ4n) is 12.1. The molecule has 328 valence electrons. The Morgan fingerprint density at radius 2 is 0.729 bits per heavy atom. The molecule has 1 spiro atoms. The Bertz CT molecular complexity index is 3940. The summed E-state index contributed by atoms with van der Waals surface area (Å²) in [6.45, 7) is 0. The average molecular weight is 891 g/mol. The number of aryl methyl sites for hydroxylation is 1. The highest BCUT2D eigenvalue weighted by atomic mass is 15.1. The molecule has 0 aliphatic heterocycles. The van der Waals surface area contributed by atoms with Gasteiger partial charge in [0.2, 0.25) is 0 Å². The summed E-state index contributed by atoms with van der Waals surface area (Å²) < 4.78 is 2.33. The topological polar surface area (TPSA) is 8.17 Å². The predicted molar refractivity (Wildman–Crippen MR) is 293 cm³/mol. The molecule has 12 aromatic rings. The van der Waals surface area contributed by atoms with E-state index in [-0.39, 0.29) is 0 Å². The summed E-state index contributed by atoms with van der Waals surface area (Å²) in [7, 11) is 2.18. The molecule has 0 atom stereocenters. The zero-order valence-electron chi connectivity index (χ0n) is 38.7. The molecule has 2 aliphatic rings. The average Bonchev–Trinajstić information content (AvgIpc) is 4.02. The van der Waals surface area contributed by atoms with Crippen molar-refractivity contribution >= 4 is 38.9 Å². The van der Waals surface area contributed by atoms with E-state index in [2.05, 4.69) is 277 Å². The SMILES string of the molecule is Cn1c2ccccc2c2cccc(-c3ccc(-c4cccc(-c5cccc(N(c6ccc(-c7ccccc7)cc6)c6ccc7c(c6)C6(c8ccccc8-c8ccccc86)c6ccccc6-7)c5)c4)cc3)c21. The first-order valence-corrected chi connectivity index (χ1v) is 24.3. The Balaban J connectivity index is 0.878. The molecule has 0 N–H and O–H groups in total. The first-order valence-electron chi connectivity index (χ1n) is 24.3. The van der Waals surface area contributed by atoms with Crippen LogP contribution in [0.25, 0.3) is 88.6 Å². The van der Waals surface area contributed by atoms with E-state index in [1.54, 1.807) is 0 Å². The van der Waals surface area contributed by atoms with Crippen molar-refractivity contribution in [1.82, 2.24) is 4.57 Å². The molecule has 0 radical (unpaired) electrons. The molecule has 1 aromatic heterocycles. The minimum atomic E-state index is -0.443. The van der Waals surface area contributed by atoms with Crippen LogP contribution in [0.2, 0.25) is 0 Å². The van der Waals surface area contributed by atoms with Crippen molar-refractivity contribution in [3.63, 3.8) is 0 Å². The van der Waals surface area contributed by atoms with Crippen LogP contribution in [0, 0.1) is 0 Å². The number of rotatable bonds is 7. The van der Waals surface area contributed by atoms with E-state index < -0.39 is 5.41 Å². The first-order chi connectivity index (χ1) is 34.6. The van der Waals surface area contributed by atoms with E-state index in [1.807, 2.05) is 0 Å². The van der Waals surface area contributed by atoms with Gasteiger partial charge in [0.1, 0.15) is 0 Å². The molecule has 14 rings (SSSR count). The lowest BCUT2D eigenvalue weighted by atomic mass is 9.70. The van der Waals surface area contributed by atoms with Crippen molar-refractivity contribution < 1.29 is 0 Å². The lowest BCUT2D eigenvalue weighted by Gasteiger charge is -2.32. The molecule has 0 saturated heterocycles. The Morgan fingerprint density at radius 1 is 0.286 bits per heavy atom. The molecule has 2 nitrogen and oxygen atoms in total. The van der Waals surface area contributed by atoms with Crippen LogP contribution in [0.1, 0.15) is 22.3 Å². The highest BCUT2D eigenvalue weighted by Crippen LogP contribution is 2.63. The molecule has 0 unspecified atom stereocenters. The Labute approximate surface area is 408 Å². The number of hydrogen-bond acceptors (Lipinski definition) is 1. The molecular weight excluding hydrogens is 845 g/mol. The van der Waals surface area contributed by atoms with E-state index in [1.165, 1.54) is 105 Å². The monoisotopic (exact) mass is 890 g/mol. The third-order valence-electron chi connectivity index (χ3n) is 15.2. The van der Waals surface area contributed by atoms with Crippen LogP contribution >= 0.6 is 0 Å². The number of hydrogen-bond donors (Lipinski definition) is 0. The van der Waals surface area contributed by atoms with Gasteiger partial charge in [0.05, 0.1) is 10.9 Å². The van der Waals surface area contributed by atoms with Crippen LogP contribution in [0.4, 0.5) is 17.1 Å². The molecule has 0 bridgehead atoms. The first kappa shape index (κ1) is 40.1. The van der Waals surface area contributed by atoms with E-state index >= 15 is 0 Å². The Hall–Kier alpha value is -8.98.